The molecule has 1 unspecified atom stereocenters. The number of rotatable bonds is 13. The molecule has 5 N–H and O–H groups in total. The van der Waals surface area contributed by atoms with Crippen molar-refractivity contribution < 1.29 is 39.1 Å². The van der Waals surface area contributed by atoms with E-state index in [1.54, 1.807) is 37.4 Å². The van der Waals surface area contributed by atoms with Crippen LogP contribution >= 0.6 is 0 Å². The molecular weight excluding hydrogens is 576 g/mol. The normalized spacial score (nSPS) is 14.0. The predicted octanol–water partition coefficient (Wildman–Crippen LogP) is 4.66. The first-order valence-electron chi connectivity index (χ1n) is 14.4. The van der Waals surface area contributed by atoms with Gasteiger partial charge in [0.05, 0.1) is 39.6 Å². The maximum absolute atomic E-state index is 12.5. The van der Waals surface area contributed by atoms with Crippen molar-refractivity contribution in [3.63, 3.8) is 0 Å². The van der Waals surface area contributed by atoms with Crippen molar-refractivity contribution in [2.24, 2.45) is 0 Å². The summed E-state index contributed by atoms with van der Waals surface area (Å²) in [4.78, 5) is 12.5. The lowest BCUT2D eigenvalue weighted by Gasteiger charge is -2.28. The molecule has 0 saturated heterocycles. The van der Waals surface area contributed by atoms with Gasteiger partial charge in [0, 0.05) is 16.8 Å². The second-order valence-corrected chi connectivity index (χ2v) is 10.2. The van der Waals surface area contributed by atoms with Crippen LogP contribution in [0.5, 0.6) is 23.0 Å². The van der Waals surface area contributed by atoms with Crippen molar-refractivity contribution in [1.82, 2.24) is 5.32 Å². The van der Waals surface area contributed by atoms with Crippen molar-refractivity contribution in [3.05, 3.63) is 112 Å². The Morgan fingerprint density at radius 1 is 0.689 bits per heavy atom. The summed E-state index contributed by atoms with van der Waals surface area (Å²) >= 11 is 0. The lowest BCUT2D eigenvalue weighted by atomic mass is 10.0. The number of aliphatic hydroxyl groups excluding tert-OH is 3. The standard InChI is InChI=1S/C35H36N2O8/c1-42-31-11-9-22(7-8-23-15-25(19-38)28(21-40)32(17-23)43-2)16-33(31)45-14-13-44-30-12-10-24(18-26(30)20-39)34-36-29-6-4-3-5-27(29)35(41)37-34/h3-12,15-18,34,36,38-40H,13-14,19-21H2,1-2H3,(H,37,41). The van der Waals surface area contributed by atoms with Crippen molar-refractivity contribution in [2.45, 2.75) is 26.0 Å². The average Bonchev–Trinajstić information content (AvgIpc) is 3.08. The first-order chi connectivity index (χ1) is 22.0. The van der Waals surface area contributed by atoms with Crippen LogP contribution in [0.2, 0.25) is 0 Å². The fraction of sp³-hybridized carbons (Fsp3) is 0.229. The van der Waals surface area contributed by atoms with Crippen molar-refractivity contribution in [1.29, 1.82) is 0 Å². The third kappa shape index (κ3) is 7.21. The first kappa shape index (κ1) is 31.4. The van der Waals surface area contributed by atoms with E-state index < -0.39 is 6.17 Å². The summed E-state index contributed by atoms with van der Waals surface area (Å²) in [5.41, 5.74) is 5.51. The van der Waals surface area contributed by atoms with Crippen LogP contribution < -0.4 is 29.6 Å². The molecule has 0 saturated carbocycles. The Morgan fingerprint density at radius 2 is 1.38 bits per heavy atom. The number of aliphatic hydroxyl groups is 3. The van der Waals surface area contributed by atoms with Gasteiger partial charge in [0.2, 0.25) is 0 Å². The summed E-state index contributed by atoms with van der Waals surface area (Å²) in [6, 6.07) is 21.9. The molecule has 10 heteroatoms. The number of hydrogen-bond donors (Lipinski definition) is 5. The van der Waals surface area contributed by atoms with E-state index in [1.165, 1.54) is 7.11 Å². The van der Waals surface area contributed by atoms with E-state index in [2.05, 4.69) is 10.6 Å². The van der Waals surface area contributed by atoms with E-state index in [9.17, 15) is 20.1 Å². The number of carbonyl (C=O) groups excluding carboxylic acids is 1. The fourth-order valence-electron chi connectivity index (χ4n) is 5.15. The van der Waals surface area contributed by atoms with Gasteiger partial charge in [-0.15, -0.1) is 0 Å². The molecule has 0 aromatic heterocycles. The number of carbonyl (C=O) groups is 1. The van der Waals surface area contributed by atoms with E-state index in [0.717, 1.165) is 22.4 Å². The van der Waals surface area contributed by atoms with Crippen LogP contribution in [0.4, 0.5) is 5.69 Å². The maximum atomic E-state index is 12.5. The molecule has 0 aliphatic carbocycles. The average molecular weight is 613 g/mol. The van der Waals surface area contributed by atoms with Gasteiger partial charge in [0.1, 0.15) is 30.9 Å². The van der Waals surface area contributed by atoms with Gasteiger partial charge >= 0.3 is 0 Å². The predicted molar refractivity (Wildman–Crippen MR) is 170 cm³/mol. The lowest BCUT2D eigenvalue weighted by Crippen LogP contribution is -2.38. The Labute approximate surface area is 261 Å². The highest BCUT2D eigenvalue weighted by atomic mass is 16.5. The minimum absolute atomic E-state index is 0.167. The Bertz CT molecular complexity index is 1660. The van der Waals surface area contributed by atoms with Crippen molar-refractivity contribution in [3.8, 4) is 23.0 Å². The monoisotopic (exact) mass is 612 g/mol. The zero-order valence-electron chi connectivity index (χ0n) is 25.1. The smallest absolute Gasteiger partial charge is 0.255 e. The molecule has 1 atom stereocenters. The van der Waals surface area contributed by atoms with Crippen LogP contribution in [-0.4, -0.2) is 48.7 Å². The van der Waals surface area contributed by atoms with Gasteiger partial charge in [-0.05, 0) is 70.8 Å². The minimum Gasteiger partial charge on any atom is -0.496 e. The molecule has 0 bridgehead atoms. The molecule has 4 aromatic rings. The second-order valence-electron chi connectivity index (χ2n) is 10.2. The molecular formula is C35H36N2O8. The summed E-state index contributed by atoms with van der Waals surface area (Å²) in [7, 11) is 3.09. The van der Waals surface area contributed by atoms with Gasteiger partial charge in [-0.1, -0.05) is 36.4 Å². The van der Waals surface area contributed by atoms with E-state index in [1.807, 2.05) is 54.6 Å². The summed E-state index contributed by atoms with van der Waals surface area (Å²) in [6.45, 7) is -0.260. The number of benzene rings is 4. The first-order valence-corrected chi connectivity index (χ1v) is 14.4. The number of amides is 1. The Kier molecular flexibility index (Phi) is 10.2. The Balaban J connectivity index is 1.22. The number of ether oxygens (including phenoxy) is 4. The molecule has 10 nitrogen and oxygen atoms in total. The molecule has 5 rings (SSSR count). The lowest BCUT2D eigenvalue weighted by molar-refractivity contribution is 0.0935. The van der Waals surface area contributed by atoms with Crippen molar-refractivity contribution >= 4 is 23.7 Å². The molecule has 1 amide bonds. The molecule has 234 valence electrons. The molecule has 0 radical (unpaired) electrons. The zero-order valence-corrected chi connectivity index (χ0v) is 25.1. The SMILES string of the molecule is COc1ccc(C=Cc2cc(CO)c(CO)c(OC)c2)cc1OCCOc1ccc(C2NC(=O)c3ccccc3N2)cc1CO. The van der Waals surface area contributed by atoms with Crippen LogP contribution in [0.1, 0.15) is 49.9 Å². The molecule has 4 aromatic carbocycles. The number of fused-ring (bicyclic) bond motifs is 1. The summed E-state index contributed by atoms with van der Waals surface area (Å²) in [5, 5.41) is 35.7. The Morgan fingerprint density at radius 3 is 2.11 bits per heavy atom. The van der Waals surface area contributed by atoms with Crippen LogP contribution in [0.15, 0.2) is 72.8 Å². The van der Waals surface area contributed by atoms with Gasteiger partial charge in [0.15, 0.2) is 11.5 Å². The number of nitrogens with one attached hydrogen (secondary N) is 2. The van der Waals surface area contributed by atoms with Gasteiger partial charge in [-0.2, -0.15) is 0 Å². The highest BCUT2D eigenvalue weighted by Gasteiger charge is 2.24. The van der Waals surface area contributed by atoms with Gasteiger partial charge in [-0.3, -0.25) is 4.79 Å². The molecule has 1 heterocycles. The largest absolute Gasteiger partial charge is 0.496 e. The second kappa shape index (κ2) is 14.6. The number of para-hydroxylation sites is 1. The Hall–Kier alpha value is -5.03. The maximum Gasteiger partial charge on any atom is 0.255 e. The van der Waals surface area contributed by atoms with E-state index in [4.69, 9.17) is 18.9 Å². The zero-order chi connectivity index (χ0) is 31.8. The van der Waals surface area contributed by atoms with Crippen LogP contribution in [0.3, 0.4) is 0 Å². The van der Waals surface area contributed by atoms with Crippen molar-refractivity contribution in [2.75, 3.05) is 32.8 Å². The van der Waals surface area contributed by atoms with Crippen LogP contribution in [-0.2, 0) is 19.8 Å². The van der Waals surface area contributed by atoms with Gasteiger partial charge < -0.3 is 44.9 Å². The molecule has 0 fully saturated rings. The molecule has 45 heavy (non-hydrogen) atoms. The summed E-state index contributed by atoms with van der Waals surface area (Å²) in [5.74, 6) is 1.95. The highest BCUT2D eigenvalue weighted by Crippen LogP contribution is 2.32. The summed E-state index contributed by atoms with van der Waals surface area (Å²) < 4.78 is 22.8. The van der Waals surface area contributed by atoms with E-state index in [0.29, 0.717) is 45.3 Å². The van der Waals surface area contributed by atoms with E-state index >= 15 is 0 Å². The van der Waals surface area contributed by atoms with Gasteiger partial charge in [-0.25, -0.2) is 0 Å². The third-order valence-electron chi connectivity index (χ3n) is 7.46. The topological polar surface area (TPSA) is 139 Å². The molecule has 1 aliphatic rings. The van der Waals surface area contributed by atoms with Crippen LogP contribution in [0.25, 0.3) is 12.2 Å². The number of hydrogen-bond acceptors (Lipinski definition) is 9. The quantitative estimate of drug-likeness (QED) is 0.108. The van der Waals surface area contributed by atoms with Gasteiger partial charge in [0.25, 0.3) is 5.91 Å². The number of methoxy groups -OCH3 is 2. The number of anilines is 1. The summed E-state index contributed by atoms with van der Waals surface area (Å²) in [6.07, 6.45) is 3.33. The molecule has 0 spiro atoms. The fourth-order valence-corrected chi connectivity index (χ4v) is 5.15. The third-order valence-corrected chi connectivity index (χ3v) is 7.46. The minimum atomic E-state index is -0.442. The molecule has 1 aliphatic heterocycles. The highest BCUT2D eigenvalue weighted by molar-refractivity contribution is 6.01. The van der Waals surface area contributed by atoms with E-state index in [-0.39, 0.29) is 38.9 Å². The van der Waals surface area contributed by atoms with Crippen LogP contribution in [0, 0.1) is 0 Å².